The molecule has 5 nitrogen and oxygen atoms in total. The Balaban J connectivity index is 1.55. The summed E-state index contributed by atoms with van der Waals surface area (Å²) < 4.78 is 7.27. The van der Waals surface area contributed by atoms with Gasteiger partial charge in [-0.3, -0.25) is 9.20 Å². The second kappa shape index (κ2) is 7.25. The van der Waals surface area contributed by atoms with Crippen molar-refractivity contribution in [3.05, 3.63) is 71.4 Å². The van der Waals surface area contributed by atoms with Crippen molar-refractivity contribution in [1.29, 1.82) is 0 Å². The molecule has 4 rings (SSSR count). The van der Waals surface area contributed by atoms with Crippen molar-refractivity contribution >= 4 is 27.9 Å². The zero-order valence-electron chi connectivity index (χ0n) is 15.1. The van der Waals surface area contributed by atoms with Crippen molar-refractivity contribution in [2.45, 2.75) is 13.3 Å². The van der Waals surface area contributed by atoms with E-state index in [0.29, 0.717) is 11.4 Å². The first kappa shape index (κ1) is 17.3. The number of rotatable bonds is 5. The quantitative estimate of drug-likeness (QED) is 0.555. The fourth-order valence-corrected chi connectivity index (χ4v) is 3.80. The number of ether oxygens (including phenoxy) is 1. The van der Waals surface area contributed by atoms with Crippen LogP contribution >= 0.6 is 11.3 Å². The van der Waals surface area contributed by atoms with E-state index >= 15 is 0 Å². The smallest absolute Gasteiger partial charge is 0.230 e. The number of para-hydroxylation sites is 2. The van der Waals surface area contributed by atoms with Crippen LogP contribution < -0.4 is 10.1 Å². The summed E-state index contributed by atoms with van der Waals surface area (Å²) in [6, 6.07) is 15.7. The van der Waals surface area contributed by atoms with Crippen molar-refractivity contribution in [2.24, 2.45) is 0 Å². The largest absolute Gasteiger partial charge is 0.495 e. The van der Waals surface area contributed by atoms with Crippen LogP contribution in [0.25, 0.3) is 16.2 Å². The van der Waals surface area contributed by atoms with Gasteiger partial charge >= 0.3 is 0 Å². The highest BCUT2D eigenvalue weighted by atomic mass is 32.1. The number of nitrogens with zero attached hydrogens (tertiary/aromatic N) is 2. The van der Waals surface area contributed by atoms with E-state index < -0.39 is 0 Å². The molecule has 136 valence electrons. The Labute approximate surface area is 161 Å². The van der Waals surface area contributed by atoms with Gasteiger partial charge in [0.1, 0.15) is 5.75 Å². The number of fused-ring (bicyclic) bond motifs is 1. The molecule has 2 heterocycles. The van der Waals surface area contributed by atoms with E-state index in [1.165, 1.54) is 16.9 Å². The predicted octanol–water partition coefficient (Wildman–Crippen LogP) is 4.56. The molecule has 0 aliphatic rings. The normalized spacial score (nSPS) is 10.9. The minimum Gasteiger partial charge on any atom is -0.495 e. The van der Waals surface area contributed by atoms with Crippen molar-refractivity contribution in [2.75, 3.05) is 12.4 Å². The maximum absolute atomic E-state index is 12.5. The van der Waals surface area contributed by atoms with E-state index in [2.05, 4.69) is 41.5 Å². The monoisotopic (exact) mass is 377 g/mol. The second-order valence-corrected chi connectivity index (χ2v) is 7.13. The fourth-order valence-electron chi connectivity index (χ4n) is 2.93. The van der Waals surface area contributed by atoms with Crippen LogP contribution in [0.15, 0.2) is 60.1 Å². The Morgan fingerprint density at radius 1 is 1.19 bits per heavy atom. The third kappa shape index (κ3) is 3.57. The Bertz CT molecular complexity index is 1100. The van der Waals surface area contributed by atoms with E-state index in [-0.39, 0.29) is 12.3 Å². The Kier molecular flexibility index (Phi) is 4.64. The summed E-state index contributed by atoms with van der Waals surface area (Å²) >= 11 is 1.54. The number of aromatic nitrogens is 2. The summed E-state index contributed by atoms with van der Waals surface area (Å²) in [5, 5.41) is 4.89. The molecule has 2 aromatic heterocycles. The molecule has 0 atom stereocenters. The molecule has 0 saturated carbocycles. The van der Waals surface area contributed by atoms with Crippen LogP contribution in [0.5, 0.6) is 5.75 Å². The van der Waals surface area contributed by atoms with Crippen LogP contribution in [0.1, 0.15) is 11.3 Å². The van der Waals surface area contributed by atoms with Gasteiger partial charge < -0.3 is 10.1 Å². The van der Waals surface area contributed by atoms with Crippen molar-refractivity contribution < 1.29 is 9.53 Å². The average Bonchev–Trinajstić information content (AvgIpc) is 3.25. The van der Waals surface area contributed by atoms with E-state index in [0.717, 1.165) is 21.9 Å². The van der Waals surface area contributed by atoms with Crippen LogP contribution in [-0.4, -0.2) is 22.4 Å². The third-order valence-electron chi connectivity index (χ3n) is 4.35. The van der Waals surface area contributed by atoms with Gasteiger partial charge in [0.05, 0.1) is 24.9 Å². The number of anilines is 1. The van der Waals surface area contributed by atoms with Crippen LogP contribution in [0.3, 0.4) is 0 Å². The molecule has 4 aromatic rings. The maximum Gasteiger partial charge on any atom is 0.230 e. The van der Waals surface area contributed by atoms with Gasteiger partial charge in [-0.1, -0.05) is 42.0 Å². The molecule has 0 fully saturated rings. The van der Waals surface area contributed by atoms with Gasteiger partial charge in [-0.25, -0.2) is 4.98 Å². The van der Waals surface area contributed by atoms with Crippen LogP contribution in [-0.2, 0) is 11.2 Å². The minimum absolute atomic E-state index is 0.0928. The molecule has 0 bridgehead atoms. The summed E-state index contributed by atoms with van der Waals surface area (Å²) in [6.45, 7) is 2.06. The molecule has 6 heteroatoms. The summed E-state index contributed by atoms with van der Waals surface area (Å²) in [6.07, 6.45) is 2.25. The Hall–Kier alpha value is -3.12. The first-order valence-corrected chi connectivity index (χ1v) is 9.47. The van der Waals surface area contributed by atoms with Gasteiger partial charge in [-0.15, -0.1) is 11.3 Å². The lowest BCUT2D eigenvalue weighted by molar-refractivity contribution is -0.115. The van der Waals surface area contributed by atoms with Gasteiger partial charge in [-0.05, 0) is 19.1 Å². The van der Waals surface area contributed by atoms with Gasteiger partial charge in [0.2, 0.25) is 5.91 Å². The summed E-state index contributed by atoms with van der Waals surface area (Å²) in [7, 11) is 1.59. The van der Waals surface area contributed by atoms with Crippen molar-refractivity contribution in [1.82, 2.24) is 9.38 Å². The number of methoxy groups -OCH3 is 1. The molecular weight excluding hydrogens is 358 g/mol. The Morgan fingerprint density at radius 3 is 2.74 bits per heavy atom. The lowest BCUT2D eigenvalue weighted by Crippen LogP contribution is -2.15. The molecule has 0 spiro atoms. The van der Waals surface area contributed by atoms with Gasteiger partial charge in [0, 0.05) is 22.8 Å². The summed E-state index contributed by atoms with van der Waals surface area (Å²) in [5.74, 6) is 0.551. The zero-order chi connectivity index (χ0) is 18.8. The standard InChI is InChI=1S/C21H19N3O2S/c1-14-7-9-15(10-8-14)18-12-24-16(13-27-21(24)23-18)11-20(25)22-17-5-3-4-6-19(17)26-2/h3-10,12-13H,11H2,1-2H3,(H,22,25). The van der Waals surface area contributed by atoms with Crippen LogP contribution in [0, 0.1) is 6.92 Å². The molecule has 0 radical (unpaired) electrons. The number of carbonyl (C=O) groups is 1. The number of aryl methyl sites for hydroxylation is 1. The predicted molar refractivity (Wildman–Crippen MR) is 109 cm³/mol. The second-order valence-electron chi connectivity index (χ2n) is 6.30. The van der Waals surface area contributed by atoms with Gasteiger partial charge in [-0.2, -0.15) is 0 Å². The highest BCUT2D eigenvalue weighted by Gasteiger charge is 2.14. The van der Waals surface area contributed by atoms with Crippen molar-refractivity contribution in [3.63, 3.8) is 0 Å². The number of hydrogen-bond donors (Lipinski definition) is 1. The lowest BCUT2D eigenvalue weighted by Gasteiger charge is -2.09. The number of hydrogen-bond acceptors (Lipinski definition) is 4. The average molecular weight is 377 g/mol. The summed E-state index contributed by atoms with van der Waals surface area (Å²) in [5.41, 5.74) is 4.78. The van der Waals surface area contributed by atoms with E-state index in [4.69, 9.17) is 4.74 Å². The third-order valence-corrected chi connectivity index (χ3v) is 5.24. The minimum atomic E-state index is -0.0928. The van der Waals surface area contributed by atoms with Crippen molar-refractivity contribution in [3.8, 4) is 17.0 Å². The lowest BCUT2D eigenvalue weighted by atomic mass is 10.1. The molecule has 1 amide bonds. The molecule has 1 N–H and O–H groups in total. The maximum atomic E-state index is 12.5. The molecule has 0 aliphatic carbocycles. The van der Waals surface area contributed by atoms with Gasteiger partial charge in [0.15, 0.2) is 4.96 Å². The fraction of sp³-hybridized carbons (Fsp3) is 0.143. The number of amides is 1. The highest BCUT2D eigenvalue weighted by Crippen LogP contribution is 2.26. The van der Waals surface area contributed by atoms with Crippen LogP contribution in [0.4, 0.5) is 5.69 Å². The first-order valence-electron chi connectivity index (χ1n) is 8.59. The molecule has 2 aromatic carbocycles. The molecule has 0 aliphatic heterocycles. The topological polar surface area (TPSA) is 55.6 Å². The van der Waals surface area contributed by atoms with E-state index in [1.54, 1.807) is 7.11 Å². The first-order chi connectivity index (χ1) is 13.1. The van der Waals surface area contributed by atoms with Crippen LogP contribution in [0.2, 0.25) is 0 Å². The molecule has 0 unspecified atom stereocenters. The SMILES string of the molecule is COc1ccccc1NC(=O)Cc1csc2nc(-c3ccc(C)cc3)cn12. The van der Waals surface area contributed by atoms with E-state index in [9.17, 15) is 4.79 Å². The number of imidazole rings is 1. The highest BCUT2D eigenvalue weighted by molar-refractivity contribution is 7.15. The number of benzene rings is 2. The number of carbonyl (C=O) groups excluding carboxylic acids is 1. The summed E-state index contributed by atoms with van der Waals surface area (Å²) in [4.78, 5) is 18.1. The van der Waals surface area contributed by atoms with Gasteiger partial charge in [0.25, 0.3) is 0 Å². The molecule has 0 saturated heterocycles. The zero-order valence-corrected chi connectivity index (χ0v) is 15.9. The number of nitrogens with one attached hydrogen (secondary N) is 1. The number of thiazole rings is 1. The molecule has 27 heavy (non-hydrogen) atoms. The van der Waals surface area contributed by atoms with E-state index in [1.807, 2.05) is 40.2 Å². The Morgan fingerprint density at radius 2 is 1.96 bits per heavy atom. The molecular formula is C21H19N3O2S.